The van der Waals surface area contributed by atoms with Gasteiger partial charge < -0.3 is 10.4 Å². The molecule has 0 fully saturated rings. The van der Waals surface area contributed by atoms with Crippen LogP contribution in [0.5, 0.6) is 0 Å². The lowest BCUT2D eigenvalue weighted by molar-refractivity contribution is -0.384. The molecule has 0 aliphatic rings. The van der Waals surface area contributed by atoms with E-state index in [2.05, 4.69) is 5.32 Å². The summed E-state index contributed by atoms with van der Waals surface area (Å²) in [5.74, 6) is -1.27. The van der Waals surface area contributed by atoms with Crippen molar-refractivity contribution in [2.75, 3.05) is 11.9 Å². The fourth-order valence-corrected chi connectivity index (χ4v) is 1.62. The lowest BCUT2D eigenvalue weighted by atomic mass is 10.2. The third-order valence-corrected chi connectivity index (χ3v) is 3.09. The fraction of sp³-hybridized carbons (Fsp3) is 0.364. The number of nitrogens with one attached hydrogen (secondary N) is 1. The van der Waals surface area contributed by atoms with Gasteiger partial charge in [-0.25, -0.2) is 4.79 Å². The van der Waals surface area contributed by atoms with Crippen molar-refractivity contribution in [3.8, 4) is 0 Å². The van der Waals surface area contributed by atoms with Gasteiger partial charge in [0.15, 0.2) is 0 Å². The molecule has 0 unspecified atom stereocenters. The molecular formula is C11H12Cl2N2O4. The van der Waals surface area contributed by atoms with E-state index < -0.39 is 15.2 Å². The van der Waals surface area contributed by atoms with Crippen LogP contribution >= 0.6 is 23.2 Å². The van der Waals surface area contributed by atoms with E-state index >= 15 is 0 Å². The van der Waals surface area contributed by atoms with Crippen LogP contribution in [0.1, 0.15) is 12.8 Å². The molecule has 1 rings (SSSR count). The van der Waals surface area contributed by atoms with Crippen LogP contribution < -0.4 is 5.32 Å². The van der Waals surface area contributed by atoms with Gasteiger partial charge in [0.25, 0.3) is 5.69 Å². The number of nitro benzene ring substituents is 1. The monoisotopic (exact) mass is 306 g/mol. The number of hydrogen-bond donors (Lipinski definition) is 2. The fourth-order valence-electron chi connectivity index (χ4n) is 1.35. The highest BCUT2D eigenvalue weighted by Gasteiger charge is 2.32. The molecule has 19 heavy (non-hydrogen) atoms. The Balaban J connectivity index is 2.38. The van der Waals surface area contributed by atoms with E-state index in [1.807, 2.05) is 0 Å². The van der Waals surface area contributed by atoms with Crippen LogP contribution in [-0.2, 0) is 4.79 Å². The predicted octanol–water partition coefficient (Wildman–Crippen LogP) is 3.05. The quantitative estimate of drug-likeness (QED) is 0.349. The summed E-state index contributed by atoms with van der Waals surface area (Å²) in [6, 6.07) is 5.91. The van der Waals surface area contributed by atoms with Crippen LogP contribution in [0.15, 0.2) is 24.3 Å². The van der Waals surface area contributed by atoms with Crippen LogP contribution in [0.25, 0.3) is 0 Å². The van der Waals surface area contributed by atoms with Crippen LogP contribution in [0, 0.1) is 10.1 Å². The van der Waals surface area contributed by atoms with E-state index in [4.69, 9.17) is 28.3 Å². The number of nitro groups is 1. The molecule has 8 heteroatoms. The number of hydrogen-bond acceptors (Lipinski definition) is 4. The molecule has 0 aromatic heterocycles. The summed E-state index contributed by atoms with van der Waals surface area (Å²) >= 11 is 11.1. The number of carbonyl (C=O) groups is 1. The summed E-state index contributed by atoms with van der Waals surface area (Å²) in [4.78, 5) is 20.6. The lowest BCUT2D eigenvalue weighted by Gasteiger charge is -2.14. The molecule has 1 aromatic carbocycles. The Morgan fingerprint density at radius 1 is 1.37 bits per heavy atom. The highest BCUT2D eigenvalue weighted by Crippen LogP contribution is 2.27. The van der Waals surface area contributed by atoms with E-state index in [1.54, 1.807) is 12.1 Å². The molecule has 0 atom stereocenters. The Bertz CT molecular complexity index is 462. The third kappa shape index (κ3) is 4.92. The first-order valence-corrected chi connectivity index (χ1v) is 6.18. The number of carboxylic acid groups (broad SMARTS) is 1. The molecule has 0 amide bonds. The minimum Gasteiger partial charge on any atom is -0.479 e. The van der Waals surface area contributed by atoms with Gasteiger partial charge in [0.05, 0.1) is 4.92 Å². The van der Waals surface area contributed by atoms with Crippen molar-refractivity contribution in [1.82, 2.24) is 0 Å². The standard InChI is InChI=1S/C11H12Cl2N2O4/c12-11(13,10(16)17)6-1-7-14-8-2-4-9(5-3-8)15(18)19/h2-5,14H,1,6-7H2,(H,16,17). The van der Waals surface area contributed by atoms with Gasteiger partial charge in [-0.2, -0.15) is 0 Å². The Hall–Kier alpha value is -1.53. The van der Waals surface area contributed by atoms with E-state index in [9.17, 15) is 14.9 Å². The Kier molecular flexibility index (Phi) is 5.38. The maximum Gasteiger partial charge on any atom is 0.340 e. The zero-order chi connectivity index (χ0) is 14.5. The van der Waals surface area contributed by atoms with Gasteiger partial charge in [-0.05, 0) is 25.0 Å². The van der Waals surface area contributed by atoms with Crippen molar-refractivity contribution in [1.29, 1.82) is 0 Å². The highest BCUT2D eigenvalue weighted by atomic mass is 35.5. The molecule has 6 nitrogen and oxygen atoms in total. The van der Waals surface area contributed by atoms with Crippen molar-refractivity contribution in [2.45, 2.75) is 17.2 Å². The maximum absolute atomic E-state index is 10.6. The van der Waals surface area contributed by atoms with Gasteiger partial charge in [-0.15, -0.1) is 0 Å². The van der Waals surface area contributed by atoms with Crippen LogP contribution in [0.3, 0.4) is 0 Å². The topological polar surface area (TPSA) is 92.5 Å². The molecule has 1 aromatic rings. The van der Waals surface area contributed by atoms with Gasteiger partial charge in [0, 0.05) is 24.4 Å². The summed E-state index contributed by atoms with van der Waals surface area (Å²) in [6.07, 6.45) is 0.557. The van der Waals surface area contributed by atoms with Gasteiger partial charge in [0.1, 0.15) is 0 Å². The molecule has 0 radical (unpaired) electrons. The second-order valence-corrected chi connectivity index (χ2v) is 5.33. The third-order valence-electron chi connectivity index (χ3n) is 2.39. The van der Waals surface area contributed by atoms with Crippen molar-refractivity contribution in [3.05, 3.63) is 34.4 Å². The van der Waals surface area contributed by atoms with Gasteiger partial charge in [0.2, 0.25) is 4.33 Å². The normalized spacial score (nSPS) is 11.1. The molecule has 0 saturated heterocycles. The molecule has 0 aliphatic heterocycles. The van der Waals surface area contributed by atoms with E-state index in [0.717, 1.165) is 0 Å². The molecule has 0 spiro atoms. The van der Waals surface area contributed by atoms with Crippen LogP contribution in [-0.4, -0.2) is 26.9 Å². The van der Waals surface area contributed by atoms with Gasteiger partial charge in [-0.3, -0.25) is 10.1 Å². The molecular weight excluding hydrogens is 295 g/mol. The van der Waals surface area contributed by atoms with E-state index in [-0.39, 0.29) is 12.1 Å². The van der Waals surface area contributed by atoms with Crippen LogP contribution in [0.2, 0.25) is 0 Å². The first-order chi connectivity index (χ1) is 8.83. The second kappa shape index (κ2) is 6.58. The summed E-state index contributed by atoms with van der Waals surface area (Å²) in [5.41, 5.74) is 0.715. The van der Waals surface area contributed by atoms with E-state index in [1.165, 1.54) is 12.1 Å². The first kappa shape index (κ1) is 15.5. The molecule has 104 valence electrons. The second-order valence-electron chi connectivity index (χ2n) is 3.84. The molecule has 0 saturated carbocycles. The number of carboxylic acids is 1. The average molecular weight is 307 g/mol. The molecule has 0 aliphatic carbocycles. The Labute approximate surface area is 119 Å². The van der Waals surface area contributed by atoms with Crippen LogP contribution in [0.4, 0.5) is 11.4 Å². The predicted molar refractivity (Wildman–Crippen MR) is 72.9 cm³/mol. The van der Waals surface area contributed by atoms with Gasteiger partial charge >= 0.3 is 5.97 Å². The zero-order valence-corrected chi connectivity index (χ0v) is 11.3. The minimum atomic E-state index is -1.78. The first-order valence-electron chi connectivity index (χ1n) is 5.42. The summed E-state index contributed by atoms with van der Waals surface area (Å²) in [7, 11) is 0. The number of rotatable bonds is 7. The van der Waals surface area contributed by atoms with Crippen molar-refractivity contribution in [3.63, 3.8) is 0 Å². The Morgan fingerprint density at radius 3 is 2.42 bits per heavy atom. The van der Waals surface area contributed by atoms with Gasteiger partial charge in [-0.1, -0.05) is 23.2 Å². The van der Waals surface area contributed by atoms with Crippen molar-refractivity contribution in [2.24, 2.45) is 0 Å². The zero-order valence-electron chi connectivity index (χ0n) is 9.81. The number of anilines is 1. The highest BCUT2D eigenvalue weighted by molar-refractivity contribution is 6.57. The largest absolute Gasteiger partial charge is 0.479 e. The number of halogens is 2. The number of benzene rings is 1. The number of nitrogens with zero attached hydrogens (tertiary/aromatic N) is 1. The molecule has 2 N–H and O–H groups in total. The molecule has 0 bridgehead atoms. The minimum absolute atomic E-state index is 0.0111. The summed E-state index contributed by atoms with van der Waals surface area (Å²) < 4.78 is -1.78. The van der Waals surface area contributed by atoms with Crippen molar-refractivity contribution < 1.29 is 14.8 Å². The Morgan fingerprint density at radius 2 is 1.95 bits per heavy atom. The lowest BCUT2D eigenvalue weighted by Crippen LogP contribution is -2.26. The van der Waals surface area contributed by atoms with Crippen molar-refractivity contribution >= 4 is 40.5 Å². The summed E-state index contributed by atoms with van der Waals surface area (Å²) in [5, 5.41) is 22.1. The maximum atomic E-state index is 10.6. The SMILES string of the molecule is O=C(O)C(Cl)(Cl)CCCNc1ccc([N+](=O)[O-])cc1. The number of non-ortho nitro benzene ring substituents is 1. The summed E-state index contributed by atoms with van der Waals surface area (Å²) in [6.45, 7) is 0.465. The number of aliphatic carboxylic acids is 1. The van der Waals surface area contributed by atoms with E-state index in [0.29, 0.717) is 18.7 Å². The number of alkyl halides is 2. The smallest absolute Gasteiger partial charge is 0.340 e. The average Bonchev–Trinajstić information content (AvgIpc) is 2.35. The molecule has 0 heterocycles.